The van der Waals surface area contributed by atoms with Gasteiger partial charge in [0.05, 0.1) is 15.9 Å². The monoisotopic (exact) mass is 480 g/mol. The largest absolute Gasteiger partial charge is 0.416 e. The van der Waals surface area contributed by atoms with Gasteiger partial charge in [-0.25, -0.2) is 4.39 Å². The molecule has 2 aromatic carbocycles. The Bertz CT molecular complexity index is 1310. The van der Waals surface area contributed by atoms with Crippen molar-refractivity contribution in [3.8, 4) is 0 Å². The molecule has 3 aromatic rings. The molecule has 2 aliphatic heterocycles. The molecule has 5 rings (SSSR count). The highest BCUT2D eigenvalue weighted by molar-refractivity contribution is 7.22. The number of fused-ring (bicyclic) bond motifs is 3. The lowest BCUT2D eigenvalue weighted by Gasteiger charge is -2.34. The van der Waals surface area contributed by atoms with Crippen LogP contribution in [0.15, 0.2) is 41.2 Å². The van der Waals surface area contributed by atoms with E-state index in [9.17, 15) is 32.5 Å². The molecule has 2 aliphatic rings. The summed E-state index contributed by atoms with van der Waals surface area (Å²) in [5, 5.41) is 11.3. The van der Waals surface area contributed by atoms with Gasteiger partial charge in [0.25, 0.3) is 11.2 Å². The number of halogens is 4. The number of likely N-dealkylation sites (tertiary alicyclic amines) is 1. The van der Waals surface area contributed by atoms with E-state index in [-0.39, 0.29) is 27.7 Å². The number of aromatic nitrogens is 1. The molecule has 33 heavy (non-hydrogen) atoms. The van der Waals surface area contributed by atoms with Crippen molar-refractivity contribution in [3.63, 3.8) is 0 Å². The summed E-state index contributed by atoms with van der Waals surface area (Å²) >= 11 is 0.865. The highest BCUT2D eigenvalue weighted by atomic mass is 32.1. The van der Waals surface area contributed by atoms with Crippen LogP contribution in [0.1, 0.15) is 17.5 Å². The summed E-state index contributed by atoms with van der Waals surface area (Å²) < 4.78 is 52.5. The zero-order chi connectivity index (χ0) is 23.5. The minimum atomic E-state index is -4.82. The summed E-state index contributed by atoms with van der Waals surface area (Å²) in [6.45, 7) is 1.84. The van der Waals surface area contributed by atoms with Crippen molar-refractivity contribution in [3.05, 3.63) is 73.8 Å². The van der Waals surface area contributed by atoms with Crippen molar-refractivity contribution >= 4 is 32.2 Å². The van der Waals surface area contributed by atoms with Crippen LogP contribution in [0.3, 0.4) is 0 Å². The van der Waals surface area contributed by atoms with Crippen LogP contribution in [0.4, 0.5) is 28.4 Å². The number of anilines is 1. The first-order valence-electron chi connectivity index (χ1n) is 10.1. The summed E-state index contributed by atoms with van der Waals surface area (Å²) in [6, 6.07) is 7.52. The number of nitrogens with zero attached hydrogens (tertiary/aromatic N) is 4. The number of rotatable bonds is 4. The first kappa shape index (κ1) is 21.7. The van der Waals surface area contributed by atoms with Crippen molar-refractivity contribution in [1.82, 2.24) is 9.88 Å². The number of nitro groups is 1. The molecule has 2 fully saturated rings. The fourth-order valence-electron chi connectivity index (χ4n) is 4.56. The minimum absolute atomic E-state index is 0.0181. The number of nitro benzene ring substituents is 1. The average molecular weight is 480 g/mol. The number of benzene rings is 2. The Labute approximate surface area is 188 Å². The van der Waals surface area contributed by atoms with Gasteiger partial charge < -0.3 is 4.90 Å². The number of hydrogen-bond acceptors (Lipinski definition) is 7. The summed E-state index contributed by atoms with van der Waals surface area (Å²) in [6.07, 6.45) is -4.02. The number of alkyl halides is 3. The van der Waals surface area contributed by atoms with E-state index in [1.165, 1.54) is 12.1 Å². The maximum atomic E-state index is 13.2. The molecule has 2 saturated heterocycles. The van der Waals surface area contributed by atoms with Gasteiger partial charge in [0.2, 0.25) is 0 Å². The maximum absolute atomic E-state index is 13.2. The predicted octanol–water partition coefficient (Wildman–Crippen LogP) is 4.19. The van der Waals surface area contributed by atoms with Crippen LogP contribution < -0.4 is 10.5 Å². The average Bonchev–Trinajstić information content (AvgIpc) is 3.34. The van der Waals surface area contributed by atoms with Crippen LogP contribution in [0.25, 0.3) is 10.1 Å². The van der Waals surface area contributed by atoms with E-state index in [1.807, 2.05) is 4.90 Å². The van der Waals surface area contributed by atoms with Crippen LogP contribution in [0, 0.1) is 15.9 Å². The molecule has 2 atom stereocenters. The molecule has 0 N–H and O–H groups in total. The van der Waals surface area contributed by atoms with Gasteiger partial charge in [-0.15, -0.1) is 0 Å². The quantitative estimate of drug-likeness (QED) is 0.317. The Morgan fingerprint density at radius 1 is 1.15 bits per heavy atom. The minimum Gasteiger partial charge on any atom is -0.342 e. The zero-order valence-corrected chi connectivity index (χ0v) is 17.7. The van der Waals surface area contributed by atoms with E-state index in [1.54, 1.807) is 12.1 Å². The molecule has 0 radical (unpaired) electrons. The lowest BCUT2D eigenvalue weighted by molar-refractivity contribution is -0.383. The Kier molecular flexibility index (Phi) is 5.09. The molecule has 2 unspecified atom stereocenters. The molecule has 12 heteroatoms. The van der Waals surface area contributed by atoms with Crippen molar-refractivity contribution in [2.75, 3.05) is 18.0 Å². The van der Waals surface area contributed by atoms with Gasteiger partial charge in [0.1, 0.15) is 10.5 Å². The van der Waals surface area contributed by atoms with E-state index in [4.69, 9.17) is 0 Å². The Morgan fingerprint density at radius 3 is 2.48 bits per heavy atom. The summed E-state index contributed by atoms with van der Waals surface area (Å²) in [4.78, 5) is 31.3. The molecule has 2 bridgehead atoms. The molecule has 0 amide bonds. The van der Waals surface area contributed by atoms with Crippen LogP contribution in [0.5, 0.6) is 0 Å². The standard InChI is InChI=1S/C21H16F4N4O3S/c22-13-3-1-11(2-4-13)8-27-9-15-7-14(27)10-28(15)20-26-19(30)16-5-12(21(23,24)25)6-17(29(31)32)18(16)33-20/h1-6,14-15H,7-10H2. The zero-order valence-electron chi connectivity index (χ0n) is 16.9. The summed E-state index contributed by atoms with van der Waals surface area (Å²) in [7, 11) is 0. The van der Waals surface area contributed by atoms with Crippen molar-refractivity contribution < 1.29 is 22.5 Å². The normalized spacial score (nSPS) is 20.7. The van der Waals surface area contributed by atoms with Gasteiger partial charge in [-0.3, -0.25) is 19.8 Å². The van der Waals surface area contributed by atoms with E-state index < -0.39 is 33.3 Å². The Hall–Kier alpha value is -3.12. The smallest absolute Gasteiger partial charge is 0.342 e. The third kappa shape index (κ3) is 3.93. The van der Waals surface area contributed by atoms with E-state index >= 15 is 0 Å². The molecule has 172 valence electrons. The van der Waals surface area contributed by atoms with Gasteiger partial charge in [-0.05, 0) is 30.2 Å². The van der Waals surface area contributed by atoms with Crippen LogP contribution in [-0.2, 0) is 12.7 Å². The predicted molar refractivity (Wildman–Crippen MR) is 114 cm³/mol. The first-order chi connectivity index (χ1) is 15.6. The van der Waals surface area contributed by atoms with Crippen LogP contribution in [-0.4, -0.2) is 40.0 Å². The SMILES string of the molecule is O=c1nc(N2CC3CC2CN3Cc2ccc(F)cc2)sc2c([N+](=O)[O-])cc(C(F)(F)F)cc12. The topological polar surface area (TPSA) is 79.6 Å². The summed E-state index contributed by atoms with van der Waals surface area (Å²) in [5.74, 6) is -0.304. The molecular formula is C21H16F4N4O3S. The fraction of sp³-hybridized carbons (Fsp3) is 0.333. The number of hydrogen-bond donors (Lipinski definition) is 0. The molecule has 0 saturated carbocycles. The first-order valence-corrected chi connectivity index (χ1v) is 10.9. The van der Waals surface area contributed by atoms with Crippen LogP contribution >= 0.6 is 11.3 Å². The van der Waals surface area contributed by atoms with Crippen molar-refractivity contribution in [2.45, 2.75) is 31.2 Å². The van der Waals surface area contributed by atoms with E-state index in [2.05, 4.69) is 9.88 Å². The second-order valence-electron chi connectivity index (χ2n) is 8.18. The van der Waals surface area contributed by atoms with Gasteiger partial charge in [-0.2, -0.15) is 18.2 Å². The number of piperazine rings is 1. The van der Waals surface area contributed by atoms with E-state index in [0.717, 1.165) is 23.3 Å². The molecule has 3 heterocycles. The third-order valence-electron chi connectivity index (χ3n) is 6.11. The molecule has 0 aliphatic carbocycles. The second-order valence-corrected chi connectivity index (χ2v) is 9.16. The Balaban J connectivity index is 1.44. The second kappa shape index (κ2) is 7.73. The lowest BCUT2D eigenvalue weighted by Crippen LogP contribution is -2.46. The van der Waals surface area contributed by atoms with E-state index in [0.29, 0.717) is 31.8 Å². The number of non-ortho nitro benzene ring substituents is 1. The van der Waals surface area contributed by atoms with Gasteiger partial charge in [0, 0.05) is 37.8 Å². The van der Waals surface area contributed by atoms with Gasteiger partial charge >= 0.3 is 6.18 Å². The Morgan fingerprint density at radius 2 is 1.88 bits per heavy atom. The lowest BCUT2D eigenvalue weighted by atomic mass is 10.1. The van der Waals surface area contributed by atoms with Gasteiger partial charge in [-0.1, -0.05) is 23.5 Å². The molecule has 0 spiro atoms. The fourth-order valence-corrected chi connectivity index (χ4v) is 5.71. The summed E-state index contributed by atoms with van der Waals surface area (Å²) in [5.41, 5.74) is -1.95. The van der Waals surface area contributed by atoms with Crippen molar-refractivity contribution in [1.29, 1.82) is 0 Å². The van der Waals surface area contributed by atoms with Crippen molar-refractivity contribution in [2.24, 2.45) is 0 Å². The highest BCUT2D eigenvalue weighted by Gasteiger charge is 2.44. The third-order valence-corrected chi connectivity index (χ3v) is 7.25. The maximum Gasteiger partial charge on any atom is 0.416 e. The highest BCUT2D eigenvalue weighted by Crippen LogP contribution is 2.41. The molecule has 7 nitrogen and oxygen atoms in total. The molecular weight excluding hydrogens is 464 g/mol. The van der Waals surface area contributed by atoms with Gasteiger partial charge in [0.15, 0.2) is 5.13 Å². The molecule has 1 aromatic heterocycles. The van der Waals surface area contributed by atoms with Crippen LogP contribution in [0.2, 0.25) is 0 Å².